The molecule has 0 spiro atoms. The number of hydrogen-bond acceptors (Lipinski definition) is 5. The van der Waals surface area contributed by atoms with Gasteiger partial charge in [-0.3, -0.25) is 14.4 Å². The minimum Gasteiger partial charge on any atom is -0.425 e. The number of hydrogen-bond donors (Lipinski definition) is 0. The number of nitrogens with zero attached hydrogens (tertiary/aromatic N) is 1. The average Bonchev–Trinajstić information content (AvgIpc) is 3.46. The number of rotatable bonds is 4. The van der Waals surface area contributed by atoms with Gasteiger partial charge in [0.25, 0.3) is 0 Å². The van der Waals surface area contributed by atoms with E-state index >= 15 is 0 Å². The maximum absolute atomic E-state index is 13.9. The second-order valence-electron chi connectivity index (χ2n) is 8.24. The molecule has 1 amide bonds. The molecule has 0 aromatic heterocycles. The van der Waals surface area contributed by atoms with Crippen molar-refractivity contribution in [2.45, 2.75) is 19.3 Å². The Morgan fingerprint density at radius 1 is 1.13 bits per heavy atom. The number of carbonyl (C=O) groups is 3. The maximum atomic E-state index is 13.9. The molecule has 1 saturated heterocycles. The minimum absolute atomic E-state index is 0.188. The fraction of sp³-hybridized carbons (Fsp3) is 0.375. The van der Waals surface area contributed by atoms with Crippen molar-refractivity contribution >= 4 is 33.6 Å². The smallest absolute Gasteiger partial charge is 0.328 e. The number of halogens is 1. The molecule has 3 atom stereocenters. The molecular formula is C24H22BrNO5. The van der Waals surface area contributed by atoms with Gasteiger partial charge in [0, 0.05) is 34.6 Å². The van der Waals surface area contributed by atoms with E-state index in [9.17, 15) is 14.4 Å². The van der Waals surface area contributed by atoms with Crippen LogP contribution in [0.1, 0.15) is 35.2 Å². The summed E-state index contributed by atoms with van der Waals surface area (Å²) in [6.07, 6.45) is 0.350. The number of carbonyl (C=O) groups excluding carboxylic acids is 3. The van der Waals surface area contributed by atoms with Gasteiger partial charge in [0.05, 0.1) is 18.6 Å². The summed E-state index contributed by atoms with van der Waals surface area (Å²) in [5, 5.41) is 0. The third-order valence-electron chi connectivity index (χ3n) is 6.99. The van der Waals surface area contributed by atoms with Crippen molar-refractivity contribution < 1.29 is 23.9 Å². The van der Waals surface area contributed by atoms with Gasteiger partial charge in [0.15, 0.2) is 11.2 Å². The molecule has 5 rings (SSSR count). The van der Waals surface area contributed by atoms with Crippen LogP contribution in [0, 0.1) is 10.8 Å². The predicted molar refractivity (Wildman–Crippen MR) is 116 cm³/mol. The molecule has 1 saturated carbocycles. The second kappa shape index (κ2) is 7.28. The standard InChI is InChI=1S/C24H22BrNO5/c1-2-23(20(27)15-6-4-3-5-7-15)19-17-14-16(25)8-9-18(17)31-22(29)24(19,23)21(28)26-10-12-30-13-11-26/h3-9,14,19H,2,10-13H2,1H3/t19-,23+,24-/m0/s1. The van der Waals surface area contributed by atoms with Crippen LogP contribution in [0.25, 0.3) is 0 Å². The fourth-order valence-electron chi connectivity index (χ4n) is 5.57. The lowest BCUT2D eigenvalue weighted by atomic mass is 9.82. The maximum Gasteiger partial charge on any atom is 0.328 e. The second-order valence-corrected chi connectivity index (χ2v) is 9.15. The highest BCUT2D eigenvalue weighted by Gasteiger charge is 2.89. The Morgan fingerprint density at radius 2 is 1.84 bits per heavy atom. The number of amides is 1. The third-order valence-corrected chi connectivity index (χ3v) is 7.48. The van der Waals surface area contributed by atoms with E-state index in [1.165, 1.54) is 0 Å². The molecule has 2 aliphatic heterocycles. The molecule has 31 heavy (non-hydrogen) atoms. The van der Waals surface area contributed by atoms with E-state index in [1.54, 1.807) is 41.3 Å². The van der Waals surface area contributed by atoms with Gasteiger partial charge in [-0.05, 0) is 24.6 Å². The predicted octanol–water partition coefficient (Wildman–Crippen LogP) is 3.59. The quantitative estimate of drug-likeness (QED) is 0.287. The molecule has 0 bridgehead atoms. The lowest BCUT2D eigenvalue weighted by Crippen LogP contribution is -2.51. The molecule has 2 aromatic carbocycles. The first-order valence-electron chi connectivity index (χ1n) is 10.5. The van der Waals surface area contributed by atoms with Crippen molar-refractivity contribution in [3.05, 3.63) is 64.1 Å². The number of esters is 1. The van der Waals surface area contributed by atoms with Crippen LogP contribution in [0.3, 0.4) is 0 Å². The molecule has 3 aliphatic rings. The van der Waals surface area contributed by atoms with E-state index in [1.807, 2.05) is 19.1 Å². The Kier molecular flexibility index (Phi) is 4.79. The Morgan fingerprint density at radius 3 is 2.52 bits per heavy atom. The minimum atomic E-state index is -1.56. The summed E-state index contributed by atoms with van der Waals surface area (Å²) in [5.74, 6) is -1.30. The Hall–Kier alpha value is -2.51. The molecule has 0 unspecified atom stereocenters. The Balaban J connectivity index is 1.71. The van der Waals surface area contributed by atoms with Crippen LogP contribution in [-0.2, 0) is 14.3 Å². The lowest BCUT2D eigenvalue weighted by Gasteiger charge is -2.32. The summed E-state index contributed by atoms with van der Waals surface area (Å²) in [5.41, 5.74) is -1.52. The van der Waals surface area contributed by atoms with Gasteiger partial charge in [0.2, 0.25) is 5.91 Å². The van der Waals surface area contributed by atoms with Crippen LogP contribution in [-0.4, -0.2) is 48.9 Å². The van der Waals surface area contributed by atoms with Crippen molar-refractivity contribution in [1.29, 1.82) is 0 Å². The Labute approximate surface area is 188 Å². The van der Waals surface area contributed by atoms with Crippen LogP contribution in [0.15, 0.2) is 53.0 Å². The molecule has 6 nitrogen and oxygen atoms in total. The van der Waals surface area contributed by atoms with Gasteiger partial charge >= 0.3 is 5.97 Å². The molecule has 7 heteroatoms. The summed E-state index contributed by atoms with van der Waals surface area (Å²) >= 11 is 3.49. The topological polar surface area (TPSA) is 72.9 Å². The largest absolute Gasteiger partial charge is 0.425 e. The highest BCUT2D eigenvalue weighted by atomic mass is 79.9. The molecule has 0 radical (unpaired) electrons. The highest BCUT2D eigenvalue weighted by Crippen LogP contribution is 2.80. The highest BCUT2D eigenvalue weighted by molar-refractivity contribution is 9.10. The molecular weight excluding hydrogens is 462 g/mol. The number of morpholine rings is 1. The number of benzene rings is 2. The number of fused-ring (bicyclic) bond motifs is 3. The summed E-state index contributed by atoms with van der Waals surface area (Å²) < 4.78 is 11.9. The normalized spacial score (nSPS) is 28.9. The third kappa shape index (κ3) is 2.62. The number of Topliss-reactive ketones (excluding diaryl/α,β-unsaturated/α-hetero) is 1. The molecule has 2 fully saturated rings. The summed E-state index contributed by atoms with van der Waals surface area (Å²) in [6.45, 7) is 3.49. The zero-order valence-corrected chi connectivity index (χ0v) is 18.7. The van der Waals surface area contributed by atoms with Crippen LogP contribution in [0.4, 0.5) is 0 Å². The van der Waals surface area contributed by atoms with Crippen molar-refractivity contribution in [3.63, 3.8) is 0 Å². The molecule has 2 aromatic rings. The van der Waals surface area contributed by atoms with Gasteiger partial charge in [-0.2, -0.15) is 0 Å². The first kappa shape index (κ1) is 20.4. The van der Waals surface area contributed by atoms with E-state index in [-0.39, 0.29) is 11.7 Å². The van der Waals surface area contributed by atoms with E-state index < -0.39 is 22.7 Å². The lowest BCUT2D eigenvalue weighted by molar-refractivity contribution is -0.156. The summed E-state index contributed by atoms with van der Waals surface area (Å²) in [7, 11) is 0. The first-order chi connectivity index (χ1) is 15.0. The summed E-state index contributed by atoms with van der Waals surface area (Å²) in [4.78, 5) is 43.1. The van der Waals surface area contributed by atoms with Gasteiger partial charge in [-0.1, -0.05) is 53.2 Å². The van der Waals surface area contributed by atoms with Crippen molar-refractivity contribution in [3.8, 4) is 5.75 Å². The summed E-state index contributed by atoms with van der Waals surface area (Å²) in [6, 6.07) is 14.3. The van der Waals surface area contributed by atoms with Crippen molar-refractivity contribution in [2.75, 3.05) is 26.3 Å². The van der Waals surface area contributed by atoms with Gasteiger partial charge in [-0.25, -0.2) is 0 Å². The molecule has 160 valence electrons. The van der Waals surface area contributed by atoms with Crippen molar-refractivity contribution in [1.82, 2.24) is 4.90 Å². The van der Waals surface area contributed by atoms with E-state index in [0.717, 1.165) is 10.0 Å². The molecule has 2 heterocycles. The van der Waals surface area contributed by atoms with Crippen LogP contribution in [0.5, 0.6) is 5.75 Å². The van der Waals surface area contributed by atoms with E-state index in [2.05, 4.69) is 15.9 Å². The van der Waals surface area contributed by atoms with Gasteiger partial charge in [0.1, 0.15) is 5.75 Å². The zero-order chi connectivity index (χ0) is 21.8. The van der Waals surface area contributed by atoms with E-state index in [0.29, 0.717) is 44.0 Å². The molecule has 0 N–H and O–H groups in total. The monoisotopic (exact) mass is 483 g/mol. The number of ether oxygens (including phenoxy) is 2. The van der Waals surface area contributed by atoms with Crippen LogP contribution < -0.4 is 4.74 Å². The van der Waals surface area contributed by atoms with Crippen molar-refractivity contribution in [2.24, 2.45) is 10.8 Å². The number of ketones is 1. The molecule has 1 aliphatic carbocycles. The fourth-order valence-corrected chi connectivity index (χ4v) is 5.95. The van der Waals surface area contributed by atoms with Crippen LogP contribution >= 0.6 is 15.9 Å². The average molecular weight is 484 g/mol. The van der Waals surface area contributed by atoms with Gasteiger partial charge < -0.3 is 14.4 Å². The van der Waals surface area contributed by atoms with Gasteiger partial charge in [-0.15, -0.1) is 0 Å². The van der Waals surface area contributed by atoms with Crippen LogP contribution in [0.2, 0.25) is 0 Å². The first-order valence-corrected chi connectivity index (χ1v) is 11.3. The SMILES string of the molecule is CC[C@]1(C(=O)c2ccccc2)[C@@H]2c3cc(Br)ccc3OC(=O)[C@@]21C(=O)N1CCOCC1. The Bertz CT molecular complexity index is 1080. The van der Waals surface area contributed by atoms with E-state index in [4.69, 9.17) is 9.47 Å². The zero-order valence-electron chi connectivity index (χ0n) is 17.1.